The average Bonchev–Trinajstić information content (AvgIpc) is 2.68. The van der Waals surface area contributed by atoms with E-state index in [1.807, 2.05) is 6.07 Å². The molecule has 1 aliphatic heterocycles. The summed E-state index contributed by atoms with van der Waals surface area (Å²) in [4.78, 5) is 0. The maximum atomic E-state index is 12.0. The van der Waals surface area contributed by atoms with Crippen LogP contribution in [0.2, 0.25) is 0 Å². The third-order valence-corrected chi connectivity index (χ3v) is 2.69. The van der Waals surface area contributed by atoms with E-state index in [4.69, 9.17) is 0 Å². The monoisotopic (exact) mass is 232 g/mol. The average molecular weight is 232 g/mol. The maximum Gasteiger partial charge on any atom is 0.573 e. The molecule has 0 unspecified atom stereocenters. The fourth-order valence-corrected chi connectivity index (χ4v) is 2.02. The Bertz CT molecular complexity index is 358. The maximum absolute atomic E-state index is 12.0. The number of quaternary nitrogens is 1. The van der Waals surface area contributed by atoms with Crippen LogP contribution in [0.15, 0.2) is 24.3 Å². The first-order chi connectivity index (χ1) is 7.54. The van der Waals surface area contributed by atoms with Gasteiger partial charge in [0.25, 0.3) is 0 Å². The molecule has 1 aromatic carbocycles. The van der Waals surface area contributed by atoms with E-state index in [2.05, 4.69) is 10.1 Å². The molecule has 1 aromatic rings. The van der Waals surface area contributed by atoms with Crippen LogP contribution in [0, 0.1) is 0 Å². The van der Waals surface area contributed by atoms with Crippen LogP contribution in [0.5, 0.6) is 5.75 Å². The van der Waals surface area contributed by atoms with Crippen molar-refractivity contribution in [1.82, 2.24) is 0 Å². The second kappa shape index (κ2) is 4.33. The molecule has 0 aliphatic carbocycles. The standard InChI is InChI=1S/C11H12F3NO/c12-11(13,14)16-9-4-1-3-8(7-9)10-5-2-6-15-10/h1,3-4,7,10,15H,2,5-6H2/p+1/t10-/m1/s1. The zero-order chi connectivity index (χ0) is 11.6. The van der Waals surface area contributed by atoms with Gasteiger partial charge in [0, 0.05) is 18.4 Å². The number of hydrogen-bond donors (Lipinski definition) is 1. The Morgan fingerprint density at radius 1 is 1.31 bits per heavy atom. The molecule has 1 aliphatic rings. The highest BCUT2D eigenvalue weighted by Gasteiger charge is 2.31. The number of hydrogen-bond acceptors (Lipinski definition) is 1. The lowest BCUT2D eigenvalue weighted by molar-refractivity contribution is -0.676. The Balaban J connectivity index is 2.12. The predicted octanol–water partition coefficient (Wildman–Crippen LogP) is 1.98. The van der Waals surface area contributed by atoms with E-state index in [1.54, 1.807) is 6.07 Å². The Labute approximate surface area is 91.4 Å². The quantitative estimate of drug-likeness (QED) is 0.829. The highest BCUT2D eigenvalue weighted by atomic mass is 19.4. The van der Waals surface area contributed by atoms with Gasteiger partial charge in [0.2, 0.25) is 0 Å². The minimum absolute atomic E-state index is 0.134. The van der Waals surface area contributed by atoms with E-state index < -0.39 is 6.36 Å². The molecule has 0 bridgehead atoms. The Hall–Kier alpha value is -1.23. The molecule has 1 saturated heterocycles. The van der Waals surface area contributed by atoms with E-state index in [0.717, 1.165) is 24.9 Å². The molecule has 0 amide bonds. The molecule has 88 valence electrons. The van der Waals surface area contributed by atoms with Gasteiger partial charge in [-0.3, -0.25) is 0 Å². The highest BCUT2D eigenvalue weighted by Crippen LogP contribution is 2.26. The predicted molar refractivity (Wildman–Crippen MR) is 51.9 cm³/mol. The summed E-state index contributed by atoms with van der Waals surface area (Å²) in [7, 11) is 0. The Morgan fingerprint density at radius 2 is 2.12 bits per heavy atom. The molecular formula is C11H13F3NO+. The van der Waals surface area contributed by atoms with E-state index in [1.165, 1.54) is 12.1 Å². The molecule has 16 heavy (non-hydrogen) atoms. The second-order valence-corrected chi connectivity index (χ2v) is 3.89. The zero-order valence-corrected chi connectivity index (χ0v) is 8.63. The summed E-state index contributed by atoms with van der Waals surface area (Å²) in [5.74, 6) is -0.134. The van der Waals surface area contributed by atoms with Crippen LogP contribution in [0.3, 0.4) is 0 Å². The van der Waals surface area contributed by atoms with Crippen molar-refractivity contribution in [2.75, 3.05) is 6.54 Å². The molecule has 0 aromatic heterocycles. The number of rotatable bonds is 2. The zero-order valence-electron chi connectivity index (χ0n) is 8.63. The minimum atomic E-state index is -4.61. The molecule has 1 atom stereocenters. The second-order valence-electron chi connectivity index (χ2n) is 3.89. The first-order valence-electron chi connectivity index (χ1n) is 5.24. The number of nitrogens with two attached hydrogens (primary N) is 1. The van der Waals surface area contributed by atoms with Crippen molar-refractivity contribution in [2.45, 2.75) is 25.2 Å². The van der Waals surface area contributed by atoms with Gasteiger partial charge >= 0.3 is 6.36 Å². The molecule has 5 heteroatoms. The van der Waals surface area contributed by atoms with Crippen molar-refractivity contribution in [3.63, 3.8) is 0 Å². The number of benzene rings is 1. The number of halogens is 3. The van der Waals surface area contributed by atoms with E-state index >= 15 is 0 Å². The van der Waals surface area contributed by atoms with Crippen molar-refractivity contribution in [3.05, 3.63) is 29.8 Å². The van der Waals surface area contributed by atoms with Crippen LogP contribution in [-0.4, -0.2) is 12.9 Å². The van der Waals surface area contributed by atoms with Gasteiger partial charge in [-0.25, -0.2) is 0 Å². The normalized spacial score (nSPS) is 21.1. The third kappa shape index (κ3) is 2.88. The van der Waals surface area contributed by atoms with Gasteiger partial charge in [-0.05, 0) is 12.1 Å². The molecule has 0 radical (unpaired) electrons. The van der Waals surface area contributed by atoms with Crippen LogP contribution in [-0.2, 0) is 0 Å². The molecule has 1 heterocycles. The third-order valence-electron chi connectivity index (χ3n) is 2.69. The van der Waals surface area contributed by atoms with Gasteiger partial charge in [-0.1, -0.05) is 12.1 Å². The fraction of sp³-hybridized carbons (Fsp3) is 0.455. The summed E-state index contributed by atoms with van der Waals surface area (Å²) in [5, 5.41) is 2.15. The lowest BCUT2D eigenvalue weighted by Crippen LogP contribution is -2.81. The summed E-state index contributed by atoms with van der Waals surface area (Å²) in [6.07, 6.45) is -2.50. The van der Waals surface area contributed by atoms with Gasteiger partial charge in [-0.15, -0.1) is 13.2 Å². The molecule has 2 nitrogen and oxygen atoms in total. The van der Waals surface area contributed by atoms with Crippen molar-refractivity contribution in [2.24, 2.45) is 0 Å². The lowest BCUT2D eigenvalue weighted by Gasteiger charge is -2.11. The molecular weight excluding hydrogens is 219 g/mol. The first kappa shape index (κ1) is 11.3. The molecule has 2 N–H and O–H groups in total. The SMILES string of the molecule is FC(F)(F)Oc1cccc([C@H]2CCC[NH2+]2)c1. The van der Waals surface area contributed by atoms with Crippen LogP contribution >= 0.6 is 0 Å². The largest absolute Gasteiger partial charge is 0.573 e. The van der Waals surface area contributed by atoms with Gasteiger partial charge in [0.15, 0.2) is 0 Å². The fourth-order valence-electron chi connectivity index (χ4n) is 2.02. The van der Waals surface area contributed by atoms with Crippen LogP contribution < -0.4 is 10.1 Å². The van der Waals surface area contributed by atoms with Gasteiger partial charge < -0.3 is 10.1 Å². The molecule has 0 spiro atoms. The van der Waals surface area contributed by atoms with Gasteiger partial charge in [-0.2, -0.15) is 0 Å². The Kier molecular flexibility index (Phi) is 3.05. The summed E-state index contributed by atoms with van der Waals surface area (Å²) in [6.45, 7) is 1.04. The topological polar surface area (TPSA) is 25.8 Å². The van der Waals surface area contributed by atoms with E-state index in [-0.39, 0.29) is 11.8 Å². The Morgan fingerprint density at radius 3 is 2.75 bits per heavy atom. The summed E-state index contributed by atoms with van der Waals surface area (Å²) >= 11 is 0. The van der Waals surface area contributed by atoms with Gasteiger partial charge in [0.1, 0.15) is 11.8 Å². The molecule has 0 saturated carbocycles. The van der Waals surface area contributed by atoms with Crippen molar-refractivity contribution in [3.8, 4) is 5.75 Å². The first-order valence-corrected chi connectivity index (χ1v) is 5.24. The van der Waals surface area contributed by atoms with Crippen LogP contribution in [0.1, 0.15) is 24.4 Å². The number of alkyl halides is 3. The number of ether oxygens (including phenoxy) is 1. The van der Waals surface area contributed by atoms with Crippen LogP contribution in [0.25, 0.3) is 0 Å². The molecule has 1 fully saturated rings. The van der Waals surface area contributed by atoms with Crippen molar-refractivity contribution >= 4 is 0 Å². The van der Waals surface area contributed by atoms with Gasteiger partial charge in [0.05, 0.1) is 6.54 Å². The molecule has 2 rings (SSSR count). The van der Waals surface area contributed by atoms with Crippen LogP contribution in [0.4, 0.5) is 13.2 Å². The lowest BCUT2D eigenvalue weighted by atomic mass is 10.1. The highest BCUT2D eigenvalue weighted by molar-refractivity contribution is 5.30. The van der Waals surface area contributed by atoms with E-state index in [0.29, 0.717) is 0 Å². The van der Waals surface area contributed by atoms with E-state index in [9.17, 15) is 13.2 Å². The minimum Gasteiger partial charge on any atom is -0.406 e. The smallest absolute Gasteiger partial charge is 0.406 e. The summed E-state index contributed by atoms with van der Waals surface area (Å²) < 4.78 is 39.9. The van der Waals surface area contributed by atoms with Crippen molar-refractivity contribution < 1.29 is 23.2 Å². The van der Waals surface area contributed by atoms with Crippen molar-refractivity contribution in [1.29, 1.82) is 0 Å². The summed E-state index contributed by atoms with van der Waals surface area (Å²) in [6, 6.07) is 6.52. The summed E-state index contributed by atoms with van der Waals surface area (Å²) in [5.41, 5.74) is 0.902.